The van der Waals surface area contributed by atoms with Crippen molar-refractivity contribution < 1.29 is 9.90 Å². The molecule has 1 aromatic heterocycles. The van der Waals surface area contributed by atoms with Crippen molar-refractivity contribution in [3.8, 4) is 5.75 Å². The predicted molar refractivity (Wildman–Crippen MR) is 74.5 cm³/mol. The molecular formula is C11H9IN4O2. The highest BCUT2D eigenvalue weighted by molar-refractivity contribution is 14.1. The van der Waals surface area contributed by atoms with Crippen molar-refractivity contribution >= 4 is 34.7 Å². The van der Waals surface area contributed by atoms with Gasteiger partial charge in [0.2, 0.25) is 0 Å². The van der Waals surface area contributed by atoms with Gasteiger partial charge in [-0.05, 0) is 34.7 Å². The number of hydrogen-bond donors (Lipinski definition) is 3. The Labute approximate surface area is 116 Å². The van der Waals surface area contributed by atoms with E-state index in [4.69, 9.17) is 0 Å². The second-order valence-corrected chi connectivity index (χ2v) is 4.51. The van der Waals surface area contributed by atoms with E-state index in [2.05, 4.69) is 20.7 Å². The third kappa shape index (κ3) is 2.86. The molecule has 0 saturated carbocycles. The van der Waals surface area contributed by atoms with E-state index >= 15 is 0 Å². The van der Waals surface area contributed by atoms with Crippen LogP contribution in [0.3, 0.4) is 0 Å². The number of halogens is 1. The zero-order chi connectivity index (χ0) is 13.0. The monoisotopic (exact) mass is 356 g/mol. The fourth-order valence-corrected chi connectivity index (χ4v) is 1.75. The number of phenolic OH excluding ortho intramolecular Hbond substituents is 1. The highest BCUT2D eigenvalue weighted by Gasteiger charge is 2.10. The van der Waals surface area contributed by atoms with Crippen LogP contribution in [0.25, 0.3) is 0 Å². The van der Waals surface area contributed by atoms with Gasteiger partial charge in [-0.15, -0.1) is 0 Å². The molecule has 7 heteroatoms. The summed E-state index contributed by atoms with van der Waals surface area (Å²) in [6, 6.07) is 6.70. The summed E-state index contributed by atoms with van der Waals surface area (Å²) in [5.74, 6) is -0.282. The largest absolute Gasteiger partial charge is 0.507 e. The number of nitrogens with zero attached hydrogens (tertiary/aromatic N) is 2. The Hall–Kier alpha value is -1.90. The molecule has 3 N–H and O–H groups in total. The van der Waals surface area contributed by atoms with Crippen molar-refractivity contribution in [2.24, 2.45) is 5.10 Å². The van der Waals surface area contributed by atoms with Crippen LogP contribution in [0.4, 0.5) is 0 Å². The number of rotatable bonds is 3. The number of phenols is 1. The van der Waals surface area contributed by atoms with E-state index in [1.54, 1.807) is 30.5 Å². The van der Waals surface area contributed by atoms with Crippen molar-refractivity contribution in [1.82, 2.24) is 15.6 Å². The van der Waals surface area contributed by atoms with E-state index in [1.165, 1.54) is 6.21 Å². The minimum atomic E-state index is -0.386. The molecule has 0 unspecified atom stereocenters. The van der Waals surface area contributed by atoms with E-state index in [1.807, 2.05) is 22.6 Å². The number of amides is 1. The first-order valence-electron chi connectivity index (χ1n) is 4.99. The summed E-state index contributed by atoms with van der Waals surface area (Å²) in [6.45, 7) is 0. The average molecular weight is 356 g/mol. The van der Waals surface area contributed by atoms with E-state index in [-0.39, 0.29) is 11.7 Å². The van der Waals surface area contributed by atoms with Crippen LogP contribution in [0.1, 0.15) is 16.1 Å². The van der Waals surface area contributed by atoms with Crippen molar-refractivity contribution in [3.05, 3.63) is 45.3 Å². The van der Waals surface area contributed by atoms with Gasteiger partial charge in [0.05, 0.1) is 16.0 Å². The molecule has 2 rings (SSSR count). The summed E-state index contributed by atoms with van der Waals surface area (Å²) in [5.41, 5.74) is 3.22. The normalized spacial score (nSPS) is 10.7. The molecule has 0 aliphatic carbocycles. The number of aromatic hydroxyl groups is 1. The van der Waals surface area contributed by atoms with Crippen LogP contribution >= 0.6 is 22.6 Å². The Morgan fingerprint density at radius 2 is 2.28 bits per heavy atom. The Morgan fingerprint density at radius 1 is 1.50 bits per heavy atom. The third-order valence-corrected chi connectivity index (χ3v) is 2.94. The van der Waals surface area contributed by atoms with Crippen molar-refractivity contribution in [2.75, 3.05) is 0 Å². The maximum absolute atomic E-state index is 11.6. The number of para-hydroxylation sites is 1. The number of hydrogen-bond acceptors (Lipinski definition) is 4. The lowest BCUT2D eigenvalue weighted by molar-refractivity contribution is 0.0949. The van der Waals surface area contributed by atoms with Gasteiger partial charge in [-0.2, -0.15) is 10.2 Å². The van der Waals surface area contributed by atoms with Crippen molar-refractivity contribution in [2.45, 2.75) is 0 Å². The first-order chi connectivity index (χ1) is 8.68. The molecule has 0 radical (unpaired) electrons. The lowest BCUT2D eigenvalue weighted by Crippen LogP contribution is -2.19. The standard InChI is InChI=1S/C11H9IN4O2/c12-8-6-14-15-10(8)11(18)16-13-5-7-3-1-2-4-9(7)17/h1-6,17H,(H,14,15)(H,16,18)/b13-5-. The lowest BCUT2D eigenvalue weighted by atomic mass is 10.2. The number of hydrazone groups is 1. The Kier molecular flexibility index (Phi) is 3.92. The number of carbonyl (C=O) groups is 1. The molecule has 0 bridgehead atoms. The molecular weight excluding hydrogens is 347 g/mol. The van der Waals surface area contributed by atoms with Crippen molar-refractivity contribution in [1.29, 1.82) is 0 Å². The predicted octanol–water partition coefficient (Wildman–Crippen LogP) is 1.48. The van der Waals surface area contributed by atoms with Gasteiger partial charge in [-0.1, -0.05) is 12.1 Å². The molecule has 1 aromatic carbocycles. The Bertz CT molecular complexity index is 594. The minimum absolute atomic E-state index is 0.103. The fraction of sp³-hybridized carbons (Fsp3) is 0. The maximum Gasteiger partial charge on any atom is 0.290 e. The topological polar surface area (TPSA) is 90.4 Å². The van der Waals surface area contributed by atoms with Crippen LogP contribution in [0.5, 0.6) is 5.75 Å². The summed E-state index contributed by atoms with van der Waals surface area (Å²) in [4.78, 5) is 11.6. The fourth-order valence-electron chi connectivity index (χ4n) is 1.24. The van der Waals surface area contributed by atoms with E-state index in [9.17, 15) is 9.90 Å². The quantitative estimate of drug-likeness (QED) is 0.442. The molecule has 18 heavy (non-hydrogen) atoms. The summed E-state index contributed by atoms with van der Waals surface area (Å²) in [6.07, 6.45) is 2.92. The van der Waals surface area contributed by atoms with Crippen LogP contribution < -0.4 is 5.43 Å². The van der Waals surface area contributed by atoms with Gasteiger partial charge < -0.3 is 5.11 Å². The van der Waals surface area contributed by atoms with Gasteiger partial charge in [0.25, 0.3) is 5.91 Å². The lowest BCUT2D eigenvalue weighted by Gasteiger charge is -1.98. The van der Waals surface area contributed by atoms with Crippen LogP contribution in [-0.2, 0) is 0 Å². The first kappa shape index (κ1) is 12.6. The smallest absolute Gasteiger partial charge is 0.290 e. The van der Waals surface area contributed by atoms with Gasteiger partial charge in [0.1, 0.15) is 11.4 Å². The molecule has 0 spiro atoms. The molecule has 2 aromatic rings. The molecule has 1 amide bonds. The number of aromatic nitrogens is 2. The SMILES string of the molecule is O=C(N/N=C\c1ccccc1O)c1[nH]ncc1I. The van der Waals surface area contributed by atoms with Crippen LogP contribution in [0.2, 0.25) is 0 Å². The van der Waals surface area contributed by atoms with Crippen LogP contribution in [0, 0.1) is 3.57 Å². The van der Waals surface area contributed by atoms with Gasteiger partial charge in [0.15, 0.2) is 0 Å². The number of benzene rings is 1. The first-order valence-corrected chi connectivity index (χ1v) is 6.06. The second-order valence-electron chi connectivity index (χ2n) is 3.35. The molecule has 6 nitrogen and oxygen atoms in total. The molecule has 0 aliphatic rings. The van der Waals surface area contributed by atoms with Gasteiger partial charge in [-0.25, -0.2) is 5.43 Å². The molecule has 0 fully saturated rings. The average Bonchev–Trinajstić information content (AvgIpc) is 2.78. The van der Waals surface area contributed by atoms with E-state index in [0.717, 1.165) is 0 Å². The summed E-state index contributed by atoms with van der Waals surface area (Å²) >= 11 is 1.99. The Balaban J connectivity index is 2.03. The van der Waals surface area contributed by atoms with Crippen LogP contribution in [-0.4, -0.2) is 27.4 Å². The zero-order valence-corrected chi connectivity index (χ0v) is 11.2. The molecule has 0 atom stereocenters. The highest BCUT2D eigenvalue weighted by atomic mass is 127. The number of aromatic amines is 1. The van der Waals surface area contributed by atoms with Gasteiger partial charge in [-0.3, -0.25) is 9.89 Å². The van der Waals surface area contributed by atoms with E-state index in [0.29, 0.717) is 14.8 Å². The minimum Gasteiger partial charge on any atom is -0.507 e. The second kappa shape index (κ2) is 5.63. The number of H-pyrrole nitrogens is 1. The highest BCUT2D eigenvalue weighted by Crippen LogP contribution is 2.12. The van der Waals surface area contributed by atoms with Crippen molar-refractivity contribution in [3.63, 3.8) is 0 Å². The molecule has 0 saturated heterocycles. The van der Waals surface area contributed by atoms with E-state index < -0.39 is 0 Å². The third-order valence-electron chi connectivity index (χ3n) is 2.13. The summed E-state index contributed by atoms with van der Waals surface area (Å²) < 4.78 is 0.711. The van der Waals surface area contributed by atoms with Gasteiger partial charge >= 0.3 is 0 Å². The number of carbonyl (C=O) groups excluding carboxylic acids is 1. The summed E-state index contributed by atoms with van der Waals surface area (Å²) in [7, 11) is 0. The molecule has 92 valence electrons. The maximum atomic E-state index is 11.6. The summed E-state index contributed by atoms with van der Waals surface area (Å²) in [5, 5.41) is 19.6. The molecule has 0 aliphatic heterocycles. The zero-order valence-electron chi connectivity index (χ0n) is 9.09. The number of nitrogens with one attached hydrogen (secondary N) is 2. The molecule has 1 heterocycles. The van der Waals surface area contributed by atoms with Crippen LogP contribution in [0.15, 0.2) is 35.6 Å². The van der Waals surface area contributed by atoms with Gasteiger partial charge in [0, 0.05) is 5.56 Å². The Morgan fingerprint density at radius 3 is 2.94 bits per heavy atom.